The van der Waals surface area contributed by atoms with Crippen LogP contribution in [-0.2, 0) is 0 Å². The second-order valence-corrected chi connectivity index (χ2v) is 4.06. The van der Waals surface area contributed by atoms with Crippen LogP contribution in [0.3, 0.4) is 0 Å². The van der Waals surface area contributed by atoms with Crippen LogP contribution in [-0.4, -0.2) is 30.8 Å². The quantitative estimate of drug-likeness (QED) is 0.526. The molecule has 94 valence electrons. The van der Waals surface area contributed by atoms with E-state index >= 15 is 0 Å². The van der Waals surface area contributed by atoms with Crippen molar-refractivity contribution in [1.29, 1.82) is 0 Å². The van der Waals surface area contributed by atoms with Gasteiger partial charge in [-0.1, -0.05) is 25.8 Å². The highest BCUT2D eigenvalue weighted by molar-refractivity contribution is 5.76. The number of pyridine rings is 1. The molecule has 0 amide bonds. The van der Waals surface area contributed by atoms with Crippen molar-refractivity contribution >= 4 is 6.21 Å². The first-order chi connectivity index (χ1) is 8.43. The zero-order chi connectivity index (χ0) is 12.2. The van der Waals surface area contributed by atoms with Gasteiger partial charge in [0.15, 0.2) is 0 Å². The normalized spacial score (nSPS) is 11.1. The molecule has 0 fully saturated rings. The van der Waals surface area contributed by atoms with Crippen molar-refractivity contribution in [3.05, 3.63) is 30.1 Å². The molecule has 1 aromatic heterocycles. The Morgan fingerprint density at radius 3 is 2.88 bits per heavy atom. The molecule has 0 aromatic carbocycles. The third-order valence-corrected chi connectivity index (χ3v) is 2.55. The number of aromatic nitrogens is 1. The van der Waals surface area contributed by atoms with Crippen LogP contribution in [0.15, 0.2) is 29.4 Å². The van der Waals surface area contributed by atoms with Crippen LogP contribution in [0.1, 0.15) is 38.3 Å². The van der Waals surface area contributed by atoms with Gasteiger partial charge in [0.05, 0.1) is 5.69 Å². The highest BCUT2D eigenvalue weighted by Crippen LogP contribution is 1.99. The van der Waals surface area contributed by atoms with Gasteiger partial charge in [0.25, 0.3) is 0 Å². The first kappa shape index (κ1) is 13.8. The zero-order valence-electron chi connectivity index (χ0n) is 10.7. The lowest BCUT2D eigenvalue weighted by molar-refractivity contribution is 0.602. The van der Waals surface area contributed by atoms with Crippen LogP contribution >= 0.6 is 0 Å². The molecule has 1 heterocycles. The molecular formula is C14H23N3. The van der Waals surface area contributed by atoms with Crippen LogP contribution in [0.4, 0.5) is 0 Å². The van der Waals surface area contributed by atoms with Crippen molar-refractivity contribution in [3.63, 3.8) is 0 Å². The van der Waals surface area contributed by atoms with E-state index in [1.165, 1.54) is 25.7 Å². The smallest absolute Gasteiger partial charge is 0.0807 e. The first-order valence-corrected chi connectivity index (χ1v) is 6.55. The van der Waals surface area contributed by atoms with Gasteiger partial charge >= 0.3 is 0 Å². The fraction of sp³-hybridized carbons (Fsp3) is 0.571. The standard InChI is InChI=1S/C14H23N3/c1-2-15-10-6-3-4-7-11-16-13-14-9-5-8-12-17-14/h5,8-9,12-13,15H,2-4,6-7,10-11H2,1H3. The Kier molecular flexibility index (Phi) is 8.12. The number of aliphatic imine (C=N–C) groups is 1. The zero-order valence-corrected chi connectivity index (χ0v) is 10.7. The minimum atomic E-state index is 0.914. The van der Waals surface area contributed by atoms with Crippen LogP contribution in [0.25, 0.3) is 0 Å². The molecule has 0 aliphatic heterocycles. The van der Waals surface area contributed by atoms with E-state index in [2.05, 4.69) is 22.2 Å². The van der Waals surface area contributed by atoms with E-state index in [4.69, 9.17) is 0 Å². The fourth-order valence-electron chi connectivity index (χ4n) is 1.59. The number of nitrogens with one attached hydrogen (secondary N) is 1. The van der Waals surface area contributed by atoms with Gasteiger partial charge in [-0.15, -0.1) is 0 Å². The van der Waals surface area contributed by atoms with Gasteiger partial charge in [-0.2, -0.15) is 0 Å². The molecule has 1 rings (SSSR count). The molecule has 3 nitrogen and oxygen atoms in total. The molecule has 3 heteroatoms. The van der Waals surface area contributed by atoms with Gasteiger partial charge in [-0.05, 0) is 38.1 Å². The Bertz CT molecular complexity index is 296. The summed E-state index contributed by atoms with van der Waals surface area (Å²) in [6.07, 6.45) is 8.67. The van der Waals surface area contributed by atoms with E-state index < -0.39 is 0 Å². The second-order valence-electron chi connectivity index (χ2n) is 4.06. The highest BCUT2D eigenvalue weighted by atomic mass is 14.8. The summed E-state index contributed by atoms with van der Waals surface area (Å²) in [6.45, 7) is 5.28. The van der Waals surface area contributed by atoms with Crippen LogP contribution in [0.2, 0.25) is 0 Å². The SMILES string of the molecule is CCNCCCCCCN=Cc1ccccn1. The van der Waals surface area contributed by atoms with E-state index in [0.29, 0.717) is 0 Å². The van der Waals surface area contributed by atoms with Crippen LogP contribution in [0, 0.1) is 0 Å². The maximum atomic E-state index is 4.37. The summed E-state index contributed by atoms with van der Waals surface area (Å²) in [5, 5.41) is 3.33. The van der Waals surface area contributed by atoms with E-state index in [9.17, 15) is 0 Å². The number of unbranched alkanes of at least 4 members (excludes halogenated alkanes) is 3. The third kappa shape index (κ3) is 7.64. The van der Waals surface area contributed by atoms with Gasteiger partial charge in [-0.3, -0.25) is 9.98 Å². The molecule has 0 spiro atoms. The van der Waals surface area contributed by atoms with Gasteiger partial charge in [0, 0.05) is 19.0 Å². The maximum absolute atomic E-state index is 4.37. The van der Waals surface area contributed by atoms with Gasteiger partial charge in [0.1, 0.15) is 0 Å². The van der Waals surface area contributed by atoms with Crippen LogP contribution in [0.5, 0.6) is 0 Å². The van der Waals surface area contributed by atoms with E-state index in [1.807, 2.05) is 24.4 Å². The van der Waals surface area contributed by atoms with Gasteiger partial charge in [-0.25, -0.2) is 0 Å². The molecule has 0 saturated heterocycles. The number of nitrogens with zero attached hydrogens (tertiary/aromatic N) is 2. The summed E-state index contributed by atoms with van der Waals surface area (Å²) in [6, 6.07) is 5.87. The van der Waals surface area contributed by atoms with Gasteiger partial charge in [0.2, 0.25) is 0 Å². The average molecular weight is 233 g/mol. The van der Waals surface area contributed by atoms with E-state index in [0.717, 1.165) is 25.3 Å². The Hall–Kier alpha value is -1.22. The molecule has 1 aromatic rings. The van der Waals surface area contributed by atoms with Crippen molar-refractivity contribution < 1.29 is 0 Å². The van der Waals surface area contributed by atoms with Crippen molar-refractivity contribution in [2.24, 2.45) is 4.99 Å². The molecule has 0 atom stereocenters. The Morgan fingerprint density at radius 1 is 1.24 bits per heavy atom. The number of hydrogen-bond acceptors (Lipinski definition) is 3. The minimum absolute atomic E-state index is 0.914. The van der Waals surface area contributed by atoms with Crippen molar-refractivity contribution in [2.45, 2.75) is 32.6 Å². The van der Waals surface area contributed by atoms with Crippen molar-refractivity contribution in [3.8, 4) is 0 Å². The summed E-state index contributed by atoms with van der Waals surface area (Å²) in [7, 11) is 0. The topological polar surface area (TPSA) is 37.3 Å². The Balaban J connectivity index is 1.95. The maximum Gasteiger partial charge on any atom is 0.0807 e. The molecule has 0 radical (unpaired) electrons. The Labute approximate surface area is 104 Å². The van der Waals surface area contributed by atoms with E-state index in [1.54, 1.807) is 6.20 Å². The van der Waals surface area contributed by atoms with Gasteiger partial charge < -0.3 is 5.32 Å². The summed E-state index contributed by atoms with van der Waals surface area (Å²) in [5.74, 6) is 0. The summed E-state index contributed by atoms with van der Waals surface area (Å²) in [5.41, 5.74) is 0.944. The number of hydrogen-bond donors (Lipinski definition) is 1. The fourth-order valence-corrected chi connectivity index (χ4v) is 1.59. The predicted molar refractivity (Wildman–Crippen MR) is 73.7 cm³/mol. The molecule has 17 heavy (non-hydrogen) atoms. The Morgan fingerprint density at radius 2 is 2.12 bits per heavy atom. The lowest BCUT2D eigenvalue weighted by Crippen LogP contribution is -2.13. The molecule has 0 saturated carbocycles. The monoisotopic (exact) mass is 233 g/mol. The average Bonchev–Trinajstić information content (AvgIpc) is 2.38. The second kappa shape index (κ2) is 9.97. The molecule has 1 N–H and O–H groups in total. The third-order valence-electron chi connectivity index (χ3n) is 2.55. The van der Waals surface area contributed by atoms with Crippen molar-refractivity contribution in [2.75, 3.05) is 19.6 Å². The summed E-state index contributed by atoms with van der Waals surface area (Å²) in [4.78, 5) is 8.56. The largest absolute Gasteiger partial charge is 0.317 e. The lowest BCUT2D eigenvalue weighted by Gasteiger charge is -2.00. The summed E-state index contributed by atoms with van der Waals surface area (Å²) < 4.78 is 0. The molecular weight excluding hydrogens is 210 g/mol. The lowest BCUT2D eigenvalue weighted by atomic mass is 10.2. The summed E-state index contributed by atoms with van der Waals surface area (Å²) >= 11 is 0. The molecule has 0 bridgehead atoms. The first-order valence-electron chi connectivity index (χ1n) is 6.55. The molecule has 0 aliphatic carbocycles. The molecule has 0 unspecified atom stereocenters. The predicted octanol–water partition coefficient (Wildman–Crippen LogP) is 2.67. The van der Waals surface area contributed by atoms with Crippen molar-refractivity contribution in [1.82, 2.24) is 10.3 Å². The molecule has 0 aliphatic rings. The highest BCUT2D eigenvalue weighted by Gasteiger charge is 1.89. The minimum Gasteiger partial charge on any atom is -0.317 e. The van der Waals surface area contributed by atoms with Crippen LogP contribution < -0.4 is 5.32 Å². The van der Waals surface area contributed by atoms with E-state index in [-0.39, 0.29) is 0 Å². The number of rotatable bonds is 9.